The van der Waals surface area contributed by atoms with E-state index in [2.05, 4.69) is 11.8 Å². The van der Waals surface area contributed by atoms with Crippen LogP contribution in [0.15, 0.2) is 18.2 Å². The Morgan fingerprint density at radius 1 is 1.50 bits per heavy atom. The molecule has 0 radical (unpaired) electrons. The van der Waals surface area contributed by atoms with Crippen LogP contribution < -0.4 is 4.74 Å². The second-order valence-electron chi connectivity index (χ2n) is 3.47. The van der Waals surface area contributed by atoms with Crippen LogP contribution in [0.5, 0.6) is 5.75 Å². The van der Waals surface area contributed by atoms with Crippen molar-refractivity contribution < 1.29 is 14.3 Å². The van der Waals surface area contributed by atoms with Crippen molar-refractivity contribution in [3.05, 3.63) is 29.3 Å². The van der Waals surface area contributed by atoms with E-state index >= 15 is 0 Å². The number of rotatable bonds is 4. The Labute approximate surface area is 111 Å². The van der Waals surface area contributed by atoms with E-state index in [9.17, 15) is 9.59 Å². The number of thioether (sulfide) groups is 1. The van der Waals surface area contributed by atoms with Gasteiger partial charge in [-0.2, -0.15) is 0 Å². The van der Waals surface area contributed by atoms with E-state index in [0.29, 0.717) is 23.5 Å². The normalized spacial score (nSPS) is 9.22. The topological polar surface area (TPSA) is 43.4 Å². The van der Waals surface area contributed by atoms with E-state index < -0.39 is 0 Å². The van der Waals surface area contributed by atoms with Crippen LogP contribution in [0.2, 0.25) is 0 Å². The van der Waals surface area contributed by atoms with E-state index in [-0.39, 0.29) is 5.12 Å². The van der Waals surface area contributed by atoms with Crippen molar-refractivity contribution in [3.8, 4) is 17.6 Å². The van der Waals surface area contributed by atoms with Gasteiger partial charge in [0.15, 0.2) is 11.4 Å². The molecule has 1 rings (SSSR count). The van der Waals surface area contributed by atoms with E-state index in [1.165, 1.54) is 25.8 Å². The maximum atomic E-state index is 10.8. The zero-order valence-corrected chi connectivity index (χ0v) is 11.2. The lowest BCUT2D eigenvalue weighted by molar-refractivity contribution is -0.109. The van der Waals surface area contributed by atoms with Crippen molar-refractivity contribution >= 4 is 23.2 Å². The average molecular weight is 262 g/mol. The monoisotopic (exact) mass is 262 g/mol. The lowest BCUT2D eigenvalue weighted by Gasteiger charge is -2.02. The maximum Gasteiger partial charge on any atom is 0.185 e. The van der Waals surface area contributed by atoms with Gasteiger partial charge < -0.3 is 4.74 Å². The van der Waals surface area contributed by atoms with Gasteiger partial charge in [-0.1, -0.05) is 23.6 Å². The molecule has 0 amide bonds. The van der Waals surface area contributed by atoms with Gasteiger partial charge in [-0.3, -0.25) is 9.59 Å². The second-order valence-corrected chi connectivity index (χ2v) is 4.74. The Kier molecular flexibility index (Phi) is 6.03. The summed E-state index contributed by atoms with van der Waals surface area (Å²) in [6.45, 7) is 1.54. The zero-order valence-electron chi connectivity index (χ0n) is 10.4. The third-order valence-corrected chi connectivity index (χ3v) is 2.94. The van der Waals surface area contributed by atoms with Gasteiger partial charge in [-0.25, -0.2) is 0 Å². The van der Waals surface area contributed by atoms with E-state index in [4.69, 9.17) is 4.74 Å². The van der Waals surface area contributed by atoms with Crippen molar-refractivity contribution in [1.82, 2.24) is 0 Å². The third-order valence-electron chi connectivity index (χ3n) is 2.12. The first-order valence-electron chi connectivity index (χ1n) is 5.43. The van der Waals surface area contributed by atoms with Gasteiger partial charge >= 0.3 is 0 Å². The first-order chi connectivity index (χ1) is 8.67. The predicted molar refractivity (Wildman–Crippen MR) is 73.0 cm³/mol. The van der Waals surface area contributed by atoms with Crippen LogP contribution in [-0.4, -0.2) is 24.3 Å². The van der Waals surface area contributed by atoms with Crippen LogP contribution >= 0.6 is 11.8 Å². The van der Waals surface area contributed by atoms with Crippen molar-refractivity contribution in [1.29, 1.82) is 0 Å². The van der Waals surface area contributed by atoms with Crippen molar-refractivity contribution in [2.75, 3.05) is 12.9 Å². The number of aldehydes is 1. The van der Waals surface area contributed by atoms with Crippen LogP contribution in [0.3, 0.4) is 0 Å². The molecule has 0 aliphatic rings. The summed E-state index contributed by atoms with van der Waals surface area (Å²) in [5.41, 5.74) is 1.26. The number of ether oxygens (including phenoxy) is 1. The van der Waals surface area contributed by atoms with Crippen LogP contribution in [0.25, 0.3) is 0 Å². The molecular formula is C14H14O3S. The molecule has 0 heterocycles. The SMILES string of the molecule is COc1ccc(C#CCCSC(C)=O)cc1C=O. The molecule has 18 heavy (non-hydrogen) atoms. The van der Waals surface area contributed by atoms with E-state index in [0.717, 1.165) is 11.8 Å². The Hall–Kier alpha value is -1.73. The van der Waals surface area contributed by atoms with Gasteiger partial charge in [0, 0.05) is 24.7 Å². The van der Waals surface area contributed by atoms with Crippen LogP contribution in [0, 0.1) is 11.8 Å². The second kappa shape index (κ2) is 7.57. The number of hydrogen-bond donors (Lipinski definition) is 0. The number of methoxy groups -OCH3 is 1. The lowest BCUT2D eigenvalue weighted by atomic mass is 10.1. The fourth-order valence-electron chi connectivity index (χ4n) is 1.31. The van der Waals surface area contributed by atoms with Crippen molar-refractivity contribution in [3.63, 3.8) is 0 Å². The molecule has 0 spiro atoms. The van der Waals surface area contributed by atoms with Gasteiger partial charge in [-0.15, -0.1) is 0 Å². The molecule has 0 atom stereocenters. The summed E-state index contributed by atoms with van der Waals surface area (Å²) in [7, 11) is 1.52. The summed E-state index contributed by atoms with van der Waals surface area (Å²) in [6, 6.07) is 5.21. The quantitative estimate of drug-likeness (QED) is 0.475. The Balaban J connectivity index is 2.65. The smallest absolute Gasteiger partial charge is 0.185 e. The predicted octanol–water partition coefficient (Wildman–Crippen LogP) is 2.53. The minimum atomic E-state index is 0.101. The molecule has 0 saturated heterocycles. The van der Waals surface area contributed by atoms with E-state index in [1.54, 1.807) is 18.2 Å². The highest BCUT2D eigenvalue weighted by Crippen LogP contribution is 2.17. The molecule has 0 bridgehead atoms. The number of carbonyl (C=O) groups is 2. The minimum absolute atomic E-state index is 0.101. The van der Waals surface area contributed by atoms with Gasteiger partial charge in [0.05, 0.1) is 12.7 Å². The Morgan fingerprint density at radius 3 is 2.89 bits per heavy atom. The largest absolute Gasteiger partial charge is 0.496 e. The molecule has 0 N–H and O–H groups in total. The first-order valence-corrected chi connectivity index (χ1v) is 6.41. The summed E-state index contributed by atoms with van der Waals surface area (Å²) in [4.78, 5) is 21.5. The van der Waals surface area contributed by atoms with Crippen molar-refractivity contribution in [2.24, 2.45) is 0 Å². The molecule has 1 aromatic carbocycles. The molecule has 0 aromatic heterocycles. The standard InChI is InChI=1S/C14H14O3S/c1-11(16)18-8-4-3-5-12-6-7-14(17-2)13(9-12)10-15/h6-7,9-10H,4,8H2,1-2H3. The van der Waals surface area contributed by atoms with Gasteiger partial charge in [-0.05, 0) is 18.2 Å². The summed E-state index contributed by atoms with van der Waals surface area (Å²) in [5, 5.41) is 0.101. The van der Waals surface area contributed by atoms with Gasteiger partial charge in [0.1, 0.15) is 5.75 Å². The number of carbonyl (C=O) groups excluding carboxylic acids is 2. The highest BCUT2D eigenvalue weighted by molar-refractivity contribution is 8.13. The molecule has 3 nitrogen and oxygen atoms in total. The van der Waals surface area contributed by atoms with Gasteiger partial charge in [0.2, 0.25) is 0 Å². The fourth-order valence-corrected chi connectivity index (χ4v) is 1.81. The Morgan fingerprint density at radius 2 is 2.28 bits per heavy atom. The summed E-state index contributed by atoms with van der Waals surface area (Å²) < 4.78 is 5.04. The zero-order chi connectivity index (χ0) is 13.4. The molecule has 94 valence electrons. The molecule has 0 unspecified atom stereocenters. The third kappa shape index (κ3) is 4.64. The molecule has 4 heteroatoms. The molecular weight excluding hydrogens is 248 g/mol. The highest BCUT2D eigenvalue weighted by atomic mass is 32.2. The molecule has 0 fully saturated rings. The van der Waals surface area contributed by atoms with E-state index in [1.807, 2.05) is 0 Å². The van der Waals surface area contributed by atoms with Crippen LogP contribution in [-0.2, 0) is 4.79 Å². The number of hydrogen-bond acceptors (Lipinski definition) is 4. The lowest BCUT2D eigenvalue weighted by Crippen LogP contribution is -1.91. The maximum absolute atomic E-state index is 10.8. The van der Waals surface area contributed by atoms with Crippen molar-refractivity contribution in [2.45, 2.75) is 13.3 Å². The summed E-state index contributed by atoms with van der Waals surface area (Å²) in [6.07, 6.45) is 1.39. The average Bonchev–Trinajstić information content (AvgIpc) is 2.37. The fraction of sp³-hybridized carbons (Fsp3) is 0.286. The molecule has 0 aliphatic heterocycles. The number of benzene rings is 1. The summed E-state index contributed by atoms with van der Waals surface area (Å²) in [5.74, 6) is 7.16. The van der Waals surface area contributed by atoms with Gasteiger partial charge in [0.25, 0.3) is 0 Å². The molecule has 1 aromatic rings. The minimum Gasteiger partial charge on any atom is -0.496 e. The Bertz CT molecular complexity index is 497. The van der Waals surface area contributed by atoms with Crippen LogP contribution in [0.1, 0.15) is 29.3 Å². The molecule has 0 saturated carbocycles. The molecule has 0 aliphatic carbocycles. The summed E-state index contributed by atoms with van der Waals surface area (Å²) >= 11 is 1.26. The first kappa shape index (κ1) is 14.3. The highest BCUT2D eigenvalue weighted by Gasteiger charge is 2.01. The van der Waals surface area contributed by atoms with Crippen LogP contribution in [0.4, 0.5) is 0 Å².